The van der Waals surface area contributed by atoms with Gasteiger partial charge in [0.05, 0.1) is 4.92 Å². The zero-order valence-electron chi connectivity index (χ0n) is 15.4. The number of nitrogens with zero attached hydrogens (tertiary/aromatic N) is 3. The first-order valence-corrected chi connectivity index (χ1v) is 10.8. The van der Waals surface area contributed by atoms with E-state index >= 15 is 0 Å². The highest BCUT2D eigenvalue weighted by molar-refractivity contribution is 7.89. The van der Waals surface area contributed by atoms with Crippen LogP contribution in [-0.4, -0.2) is 54.6 Å². The first-order chi connectivity index (χ1) is 12.8. The van der Waals surface area contributed by atoms with Gasteiger partial charge >= 0.3 is 0 Å². The molecule has 9 heteroatoms. The molecule has 2 fully saturated rings. The number of rotatable bonds is 4. The molecule has 27 heavy (non-hydrogen) atoms. The monoisotopic (exact) mass is 395 g/mol. The lowest BCUT2D eigenvalue weighted by Crippen LogP contribution is -2.46. The van der Waals surface area contributed by atoms with Crippen molar-refractivity contribution in [1.82, 2.24) is 9.21 Å². The Hall–Kier alpha value is -2.00. The number of sulfonamides is 1. The lowest BCUT2D eigenvalue weighted by molar-refractivity contribution is -0.387. The summed E-state index contributed by atoms with van der Waals surface area (Å²) in [4.78, 5) is 24.8. The van der Waals surface area contributed by atoms with E-state index in [9.17, 15) is 23.3 Å². The van der Waals surface area contributed by atoms with Crippen molar-refractivity contribution < 1.29 is 18.1 Å². The van der Waals surface area contributed by atoms with Gasteiger partial charge in [-0.15, -0.1) is 0 Å². The van der Waals surface area contributed by atoms with Gasteiger partial charge in [0.15, 0.2) is 4.90 Å². The Morgan fingerprint density at radius 1 is 1.07 bits per heavy atom. The highest BCUT2D eigenvalue weighted by Gasteiger charge is 2.37. The molecular formula is C18H25N3O5S. The average Bonchev–Trinajstić information content (AvgIpc) is 2.68. The Kier molecular flexibility index (Phi) is 5.81. The molecule has 0 atom stereocenters. The molecule has 1 amide bonds. The van der Waals surface area contributed by atoms with Crippen LogP contribution in [0, 0.1) is 22.0 Å². The highest BCUT2D eigenvalue weighted by atomic mass is 32.2. The number of nitro benzene ring substituents is 1. The van der Waals surface area contributed by atoms with Crippen molar-refractivity contribution in [3.8, 4) is 0 Å². The van der Waals surface area contributed by atoms with Crippen molar-refractivity contribution in [3.63, 3.8) is 0 Å². The third kappa shape index (κ3) is 4.14. The third-order valence-corrected chi connectivity index (χ3v) is 7.52. The predicted octanol–water partition coefficient (Wildman–Crippen LogP) is 2.25. The molecule has 2 heterocycles. The average molecular weight is 395 g/mol. The van der Waals surface area contributed by atoms with Crippen LogP contribution in [0.2, 0.25) is 0 Å². The zero-order chi connectivity index (χ0) is 19.6. The number of likely N-dealkylation sites (tertiary alicyclic amines) is 1. The van der Waals surface area contributed by atoms with Gasteiger partial charge < -0.3 is 4.90 Å². The second-order valence-corrected chi connectivity index (χ2v) is 9.32. The minimum atomic E-state index is -3.95. The van der Waals surface area contributed by atoms with E-state index in [0.717, 1.165) is 25.9 Å². The number of para-hydroxylation sites is 1. The molecule has 2 saturated heterocycles. The molecule has 0 N–H and O–H groups in total. The van der Waals surface area contributed by atoms with Crippen LogP contribution in [0.25, 0.3) is 0 Å². The molecule has 1 aromatic rings. The lowest BCUT2D eigenvalue weighted by Gasteiger charge is -2.36. The lowest BCUT2D eigenvalue weighted by atomic mass is 9.93. The molecule has 1 aromatic carbocycles. The summed E-state index contributed by atoms with van der Waals surface area (Å²) in [5.74, 6) is 0.586. The minimum absolute atomic E-state index is 0.115. The highest BCUT2D eigenvalue weighted by Crippen LogP contribution is 2.30. The quantitative estimate of drug-likeness (QED) is 0.575. The Morgan fingerprint density at radius 3 is 2.26 bits per heavy atom. The van der Waals surface area contributed by atoms with Gasteiger partial charge in [-0.25, -0.2) is 8.42 Å². The van der Waals surface area contributed by atoms with Crippen molar-refractivity contribution in [2.45, 2.75) is 37.5 Å². The minimum Gasteiger partial charge on any atom is -0.342 e. The molecule has 0 radical (unpaired) electrons. The van der Waals surface area contributed by atoms with Gasteiger partial charge in [-0.3, -0.25) is 14.9 Å². The second-order valence-electron chi connectivity index (χ2n) is 7.41. The maximum atomic E-state index is 12.9. The number of carbonyl (C=O) groups is 1. The van der Waals surface area contributed by atoms with Crippen molar-refractivity contribution in [2.75, 3.05) is 26.2 Å². The number of carbonyl (C=O) groups excluding carboxylic acids is 1. The van der Waals surface area contributed by atoms with Gasteiger partial charge in [-0.05, 0) is 37.7 Å². The van der Waals surface area contributed by atoms with E-state index in [1.807, 2.05) is 4.90 Å². The molecule has 0 spiro atoms. The topological polar surface area (TPSA) is 101 Å². The van der Waals surface area contributed by atoms with E-state index in [-0.39, 0.29) is 29.8 Å². The van der Waals surface area contributed by atoms with Gasteiger partial charge in [0.25, 0.3) is 5.69 Å². The molecule has 2 aliphatic heterocycles. The third-order valence-electron chi connectivity index (χ3n) is 5.58. The van der Waals surface area contributed by atoms with Crippen LogP contribution in [0.1, 0.15) is 32.6 Å². The van der Waals surface area contributed by atoms with Crippen LogP contribution >= 0.6 is 0 Å². The van der Waals surface area contributed by atoms with Crippen molar-refractivity contribution in [1.29, 1.82) is 0 Å². The SMILES string of the molecule is CC1CCN(C(=O)C2CCN(S(=O)(=O)c3ccccc3[N+](=O)[O-])CC2)CC1. The maximum Gasteiger partial charge on any atom is 0.289 e. The predicted molar refractivity (Wildman–Crippen MR) is 99.6 cm³/mol. The molecule has 0 saturated carbocycles. The number of nitro groups is 1. The number of hydrogen-bond acceptors (Lipinski definition) is 5. The first kappa shape index (κ1) is 19.8. The summed E-state index contributed by atoms with van der Waals surface area (Å²) in [5, 5.41) is 11.2. The van der Waals surface area contributed by atoms with E-state index in [1.165, 1.54) is 28.6 Å². The Labute approximate surface area is 159 Å². The van der Waals surface area contributed by atoms with Gasteiger partial charge in [0.2, 0.25) is 15.9 Å². The summed E-state index contributed by atoms with van der Waals surface area (Å²) >= 11 is 0. The van der Waals surface area contributed by atoms with E-state index in [4.69, 9.17) is 0 Å². The smallest absolute Gasteiger partial charge is 0.289 e. The van der Waals surface area contributed by atoms with Crippen LogP contribution in [0.3, 0.4) is 0 Å². The summed E-state index contributed by atoms with van der Waals surface area (Å²) in [6.07, 6.45) is 2.92. The van der Waals surface area contributed by atoms with Crippen LogP contribution < -0.4 is 0 Å². The first-order valence-electron chi connectivity index (χ1n) is 9.33. The largest absolute Gasteiger partial charge is 0.342 e. The van der Waals surface area contributed by atoms with Crippen LogP contribution in [-0.2, 0) is 14.8 Å². The fraction of sp³-hybridized carbons (Fsp3) is 0.611. The van der Waals surface area contributed by atoms with Gasteiger partial charge in [-0.2, -0.15) is 4.31 Å². The van der Waals surface area contributed by atoms with Crippen molar-refractivity contribution >= 4 is 21.6 Å². The van der Waals surface area contributed by atoms with Gasteiger partial charge in [0, 0.05) is 38.2 Å². The molecule has 2 aliphatic rings. The Morgan fingerprint density at radius 2 is 1.67 bits per heavy atom. The van der Waals surface area contributed by atoms with Gasteiger partial charge in [0.1, 0.15) is 0 Å². The molecular weight excluding hydrogens is 370 g/mol. The Balaban J connectivity index is 1.67. The number of benzene rings is 1. The van der Waals surface area contributed by atoms with E-state index in [2.05, 4.69) is 6.92 Å². The van der Waals surface area contributed by atoms with Crippen molar-refractivity contribution in [2.24, 2.45) is 11.8 Å². The van der Waals surface area contributed by atoms with E-state index < -0.39 is 20.6 Å². The molecule has 8 nitrogen and oxygen atoms in total. The zero-order valence-corrected chi connectivity index (χ0v) is 16.2. The fourth-order valence-electron chi connectivity index (χ4n) is 3.80. The van der Waals surface area contributed by atoms with Crippen LogP contribution in [0.15, 0.2) is 29.2 Å². The summed E-state index contributed by atoms with van der Waals surface area (Å²) < 4.78 is 27.0. The van der Waals surface area contributed by atoms with Crippen LogP contribution in [0.5, 0.6) is 0 Å². The molecule has 0 aliphatic carbocycles. The second kappa shape index (κ2) is 7.93. The number of hydrogen-bond donors (Lipinski definition) is 0. The molecule has 0 aromatic heterocycles. The summed E-state index contributed by atoms with van der Waals surface area (Å²) in [6.45, 7) is 4.14. The normalized spacial score (nSPS) is 20.6. The van der Waals surface area contributed by atoms with Gasteiger partial charge in [-0.1, -0.05) is 19.1 Å². The van der Waals surface area contributed by atoms with Crippen LogP contribution in [0.4, 0.5) is 5.69 Å². The number of amides is 1. The Bertz CT molecular complexity index is 810. The maximum absolute atomic E-state index is 12.9. The van der Waals surface area contributed by atoms with E-state index in [0.29, 0.717) is 18.8 Å². The standard InChI is InChI=1S/C18H25N3O5S/c1-14-6-10-19(11-7-14)18(22)15-8-12-20(13-9-15)27(25,26)17-5-3-2-4-16(17)21(23)24/h2-5,14-15H,6-13H2,1H3. The summed E-state index contributed by atoms with van der Waals surface area (Å²) in [5.41, 5.74) is -0.418. The molecule has 148 valence electrons. The molecule has 0 unspecified atom stereocenters. The molecule has 3 rings (SSSR count). The summed E-state index contributed by atoms with van der Waals surface area (Å²) in [7, 11) is -3.95. The van der Waals surface area contributed by atoms with E-state index in [1.54, 1.807) is 0 Å². The fourth-order valence-corrected chi connectivity index (χ4v) is 5.42. The number of piperidine rings is 2. The summed E-state index contributed by atoms with van der Waals surface area (Å²) in [6, 6.07) is 5.38. The molecule has 0 bridgehead atoms. The van der Waals surface area contributed by atoms with Crippen molar-refractivity contribution in [3.05, 3.63) is 34.4 Å².